The van der Waals surface area contributed by atoms with Gasteiger partial charge in [-0.25, -0.2) is 0 Å². The van der Waals surface area contributed by atoms with E-state index in [1.807, 2.05) is 28.0 Å². The fourth-order valence-electron chi connectivity index (χ4n) is 5.83. The Kier molecular flexibility index (Phi) is 4.00. The van der Waals surface area contributed by atoms with Crippen LogP contribution >= 0.6 is 0 Å². The van der Waals surface area contributed by atoms with Gasteiger partial charge in [0, 0.05) is 31.5 Å². The standard InChI is InChI=1S/C25H27N3O3/c1-16-5-6-18(12-17(16)2)13-28-15-25-8-7-20(31-25)21(22(25)24(28)30)23(29)27-11-10-26-9-3-4-19(26)14-27/h3-9,12,20-22H,10-11,13-15H2,1-2H3/t20-,21+,22+,25-/m0/s1. The van der Waals surface area contributed by atoms with Crippen molar-refractivity contribution >= 4 is 11.8 Å². The predicted octanol–water partition coefficient (Wildman–Crippen LogP) is 2.43. The molecule has 2 amide bonds. The fraction of sp³-hybridized carbons (Fsp3) is 0.440. The summed E-state index contributed by atoms with van der Waals surface area (Å²) in [6.07, 6.45) is 5.80. The zero-order valence-corrected chi connectivity index (χ0v) is 18.0. The van der Waals surface area contributed by atoms with Crippen molar-refractivity contribution in [1.29, 1.82) is 0 Å². The van der Waals surface area contributed by atoms with E-state index >= 15 is 0 Å². The number of aryl methyl sites for hydroxylation is 2. The molecule has 2 bridgehead atoms. The molecule has 6 heteroatoms. The summed E-state index contributed by atoms with van der Waals surface area (Å²) >= 11 is 0. The maximum atomic E-state index is 13.6. The van der Waals surface area contributed by atoms with Gasteiger partial charge in [-0.15, -0.1) is 0 Å². The van der Waals surface area contributed by atoms with E-state index in [1.54, 1.807) is 0 Å². The number of carbonyl (C=O) groups excluding carboxylic acids is 2. The van der Waals surface area contributed by atoms with Crippen LogP contribution < -0.4 is 0 Å². The lowest BCUT2D eigenvalue weighted by molar-refractivity contribution is -0.144. The molecule has 4 aliphatic heterocycles. The van der Waals surface area contributed by atoms with E-state index in [-0.39, 0.29) is 17.9 Å². The number of benzene rings is 1. The van der Waals surface area contributed by atoms with E-state index in [1.165, 1.54) is 11.1 Å². The van der Waals surface area contributed by atoms with E-state index in [9.17, 15) is 9.59 Å². The van der Waals surface area contributed by atoms with Crippen LogP contribution in [0.5, 0.6) is 0 Å². The Balaban J connectivity index is 1.25. The van der Waals surface area contributed by atoms with Gasteiger partial charge < -0.3 is 19.1 Å². The van der Waals surface area contributed by atoms with Crippen molar-refractivity contribution in [2.45, 2.75) is 45.2 Å². The summed E-state index contributed by atoms with van der Waals surface area (Å²) in [4.78, 5) is 30.9. The maximum Gasteiger partial charge on any atom is 0.230 e. The molecule has 0 N–H and O–H groups in total. The molecule has 31 heavy (non-hydrogen) atoms. The number of nitrogens with zero attached hydrogens (tertiary/aromatic N) is 3. The lowest BCUT2D eigenvalue weighted by Crippen LogP contribution is -2.48. The quantitative estimate of drug-likeness (QED) is 0.721. The van der Waals surface area contributed by atoms with Crippen molar-refractivity contribution in [1.82, 2.24) is 14.4 Å². The molecular weight excluding hydrogens is 390 g/mol. The SMILES string of the molecule is Cc1ccc(CN2C[C@]34C=C[C@H](O3)[C@@H](C(=O)N3CCn5cccc5C3)[C@@H]4C2=O)cc1C. The Bertz CT molecular complexity index is 1120. The van der Waals surface area contributed by atoms with Crippen molar-refractivity contribution in [2.75, 3.05) is 13.1 Å². The Labute approximate surface area is 182 Å². The summed E-state index contributed by atoms with van der Waals surface area (Å²) in [5, 5.41) is 0. The molecule has 1 aromatic carbocycles. The van der Waals surface area contributed by atoms with Crippen molar-refractivity contribution in [2.24, 2.45) is 11.8 Å². The van der Waals surface area contributed by atoms with Crippen LogP contribution in [0.3, 0.4) is 0 Å². The van der Waals surface area contributed by atoms with Crippen LogP contribution in [0.4, 0.5) is 0 Å². The van der Waals surface area contributed by atoms with Gasteiger partial charge in [0.2, 0.25) is 11.8 Å². The third-order valence-electron chi connectivity index (χ3n) is 7.61. The number of hydrogen-bond donors (Lipinski definition) is 0. The van der Waals surface area contributed by atoms with Crippen LogP contribution in [0, 0.1) is 25.7 Å². The van der Waals surface area contributed by atoms with Gasteiger partial charge in [0.15, 0.2) is 0 Å². The Morgan fingerprint density at radius 2 is 2.06 bits per heavy atom. The number of carbonyl (C=O) groups is 2. The van der Waals surface area contributed by atoms with Gasteiger partial charge in [0.1, 0.15) is 5.60 Å². The lowest BCUT2D eigenvalue weighted by atomic mass is 9.76. The maximum absolute atomic E-state index is 13.6. The molecule has 2 aromatic rings. The molecular formula is C25H27N3O3. The minimum atomic E-state index is -0.655. The molecule has 6 rings (SSSR count). The van der Waals surface area contributed by atoms with Gasteiger partial charge in [0.25, 0.3) is 0 Å². The predicted molar refractivity (Wildman–Crippen MR) is 115 cm³/mol. The molecule has 0 unspecified atom stereocenters. The second-order valence-corrected chi connectivity index (χ2v) is 9.47. The van der Waals surface area contributed by atoms with E-state index in [0.29, 0.717) is 26.2 Å². The fourth-order valence-corrected chi connectivity index (χ4v) is 5.83. The topological polar surface area (TPSA) is 54.8 Å². The van der Waals surface area contributed by atoms with Gasteiger partial charge in [-0.2, -0.15) is 0 Å². The number of likely N-dealkylation sites (tertiary alicyclic amines) is 1. The molecule has 2 saturated heterocycles. The van der Waals surface area contributed by atoms with Crippen LogP contribution in [0.25, 0.3) is 0 Å². The molecule has 4 aliphatic rings. The molecule has 1 aromatic heterocycles. The summed E-state index contributed by atoms with van der Waals surface area (Å²) in [6, 6.07) is 10.4. The van der Waals surface area contributed by atoms with Crippen LogP contribution in [0.2, 0.25) is 0 Å². The Morgan fingerprint density at radius 1 is 1.19 bits per heavy atom. The zero-order valence-electron chi connectivity index (χ0n) is 18.0. The number of amides is 2. The Morgan fingerprint density at radius 3 is 2.90 bits per heavy atom. The number of fused-ring (bicyclic) bond motifs is 2. The lowest BCUT2D eigenvalue weighted by Gasteiger charge is -2.33. The van der Waals surface area contributed by atoms with Crippen LogP contribution in [-0.2, 0) is 34.0 Å². The average molecular weight is 418 g/mol. The van der Waals surface area contributed by atoms with Gasteiger partial charge in [-0.1, -0.05) is 30.4 Å². The third-order valence-corrected chi connectivity index (χ3v) is 7.61. The summed E-state index contributed by atoms with van der Waals surface area (Å²) in [5.74, 6) is -0.752. The molecule has 4 atom stereocenters. The van der Waals surface area contributed by atoms with Crippen molar-refractivity contribution in [3.63, 3.8) is 0 Å². The largest absolute Gasteiger partial charge is 0.360 e. The molecule has 160 valence electrons. The molecule has 5 heterocycles. The Hall–Kier alpha value is -2.86. The molecule has 0 aliphatic carbocycles. The third kappa shape index (κ3) is 2.74. The minimum Gasteiger partial charge on any atom is -0.360 e. The van der Waals surface area contributed by atoms with Crippen molar-refractivity contribution < 1.29 is 14.3 Å². The number of rotatable bonds is 3. The number of aromatic nitrogens is 1. The van der Waals surface area contributed by atoms with E-state index < -0.39 is 17.4 Å². The van der Waals surface area contributed by atoms with E-state index in [4.69, 9.17) is 4.74 Å². The highest BCUT2D eigenvalue weighted by molar-refractivity contribution is 5.93. The molecule has 0 radical (unpaired) electrons. The highest BCUT2D eigenvalue weighted by Crippen LogP contribution is 2.52. The van der Waals surface area contributed by atoms with Crippen LogP contribution in [-0.4, -0.2) is 51.0 Å². The van der Waals surface area contributed by atoms with Gasteiger partial charge in [-0.3, -0.25) is 9.59 Å². The van der Waals surface area contributed by atoms with Crippen LogP contribution in [0.15, 0.2) is 48.7 Å². The highest BCUT2D eigenvalue weighted by atomic mass is 16.5. The van der Waals surface area contributed by atoms with Gasteiger partial charge in [-0.05, 0) is 42.7 Å². The first kappa shape index (κ1) is 18.9. The minimum absolute atomic E-state index is 0.0452. The number of hydrogen-bond acceptors (Lipinski definition) is 3. The molecule has 6 nitrogen and oxygen atoms in total. The first-order chi connectivity index (χ1) is 14.9. The molecule has 2 fully saturated rings. The van der Waals surface area contributed by atoms with Crippen molar-refractivity contribution in [3.8, 4) is 0 Å². The smallest absolute Gasteiger partial charge is 0.230 e. The zero-order chi connectivity index (χ0) is 21.3. The molecule has 0 saturated carbocycles. The second kappa shape index (κ2) is 6.57. The second-order valence-electron chi connectivity index (χ2n) is 9.47. The van der Waals surface area contributed by atoms with Gasteiger partial charge >= 0.3 is 0 Å². The molecule has 1 spiro atoms. The van der Waals surface area contributed by atoms with E-state index in [2.05, 4.69) is 48.9 Å². The number of ether oxygens (including phenoxy) is 1. The van der Waals surface area contributed by atoms with Gasteiger partial charge in [0.05, 0.1) is 31.0 Å². The first-order valence-corrected chi connectivity index (χ1v) is 11.1. The first-order valence-electron chi connectivity index (χ1n) is 11.1. The highest BCUT2D eigenvalue weighted by Gasteiger charge is 2.67. The van der Waals surface area contributed by atoms with E-state index in [0.717, 1.165) is 17.8 Å². The summed E-state index contributed by atoms with van der Waals surface area (Å²) < 4.78 is 8.51. The van der Waals surface area contributed by atoms with Crippen LogP contribution in [0.1, 0.15) is 22.4 Å². The normalized spacial score (nSPS) is 30.8. The van der Waals surface area contributed by atoms with Crippen molar-refractivity contribution in [3.05, 3.63) is 71.1 Å². The summed E-state index contributed by atoms with van der Waals surface area (Å²) in [5.41, 5.74) is 4.07. The monoisotopic (exact) mass is 417 g/mol. The summed E-state index contributed by atoms with van der Waals surface area (Å²) in [7, 11) is 0. The summed E-state index contributed by atoms with van der Waals surface area (Å²) in [6.45, 7) is 7.32. The average Bonchev–Trinajstić information content (AvgIpc) is 3.51.